The van der Waals surface area contributed by atoms with E-state index in [-0.39, 0.29) is 0 Å². The lowest BCUT2D eigenvalue weighted by atomic mass is 10.0. The van der Waals surface area contributed by atoms with E-state index in [0.717, 1.165) is 19.1 Å². The topological polar surface area (TPSA) is 21.3 Å². The Hall–Kier alpha value is -0.0800. The zero-order valence-electron chi connectivity index (χ0n) is 11.1. The SMILES string of the molecule is CCCCCCC(C)NCCC1CCOC1. The second-order valence-corrected chi connectivity index (χ2v) is 5.22. The van der Waals surface area contributed by atoms with Gasteiger partial charge in [0, 0.05) is 19.3 Å². The lowest BCUT2D eigenvalue weighted by molar-refractivity contribution is 0.184. The van der Waals surface area contributed by atoms with Gasteiger partial charge in [0.2, 0.25) is 0 Å². The molecule has 16 heavy (non-hydrogen) atoms. The Morgan fingerprint density at radius 3 is 2.88 bits per heavy atom. The Labute approximate surface area is 101 Å². The molecule has 0 radical (unpaired) electrons. The summed E-state index contributed by atoms with van der Waals surface area (Å²) in [6.45, 7) is 7.73. The fourth-order valence-electron chi connectivity index (χ4n) is 2.32. The van der Waals surface area contributed by atoms with Gasteiger partial charge in [0.1, 0.15) is 0 Å². The summed E-state index contributed by atoms with van der Waals surface area (Å²) in [5.74, 6) is 0.819. The van der Waals surface area contributed by atoms with Crippen LogP contribution >= 0.6 is 0 Å². The molecule has 1 saturated heterocycles. The Bertz CT molecular complexity index is 155. The maximum absolute atomic E-state index is 5.38. The minimum Gasteiger partial charge on any atom is -0.381 e. The smallest absolute Gasteiger partial charge is 0.0495 e. The van der Waals surface area contributed by atoms with Crippen LogP contribution in [0, 0.1) is 5.92 Å². The monoisotopic (exact) mass is 227 g/mol. The van der Waals surface area contributed by atoms with Gasteiger partial charge in [0.15, 0.2) is 0 Å². The molecule has 0 aromatic rings. The Balaban J connectivity index is 1.87. The van der Waals surface area contributed by atoms with Crippen molar-refractivity contribution in [1.29, 1.82) is 0 Å². The summed E-state index contributed by atoms with van der Waals surface area (Å²) in [6.07, 6.45) is 9.41. The number of hydrogen-bond acceptors (Lipinski definition) is 2. The van der Waals surface area contributed by atoms with Gasteiger partial charge in [-0.05, 0) is 38.6 Å². The van der Waals surface area contributed by atoms with E-state index in [2.05, 4.69) is 19.2 Å². The van der Waals surface area contributed by atoms with E-state index in [0.29, 0.717) is 6.04 Å². The van der Waals surface area contributed by atoms with Crippen LogP contribution in [-0.2, 0) is 4.74 Å². The highest BCUT2D eigenvalue weighted by atomic mass is 16.5. The minimum absolute atomic E-state index is 0.694. The fraction of sp³-hybridized carbons (Fsp3) is 1.00. The molecule has 0 aromatic heterocycles. The number of rotatable bonds is 9. The van der Waals surface area contributed by atoms with E-state index in [1.54, 1.807) is 0 Å². The van der Waals surface area contributed by atoms with Crippen molar-refractivity contribution in [2.45, 2.75) is 64.8 Å². The van der Waals surface area contributed by atoms with Gasteiger partial charge in [-0.15, -0.1) is 0 Å². The predicted molar refractivity (Wildman–Crippen MR) is 69.8 cm³/mol. The molecule has 1 heterocycles. The predicted octanol–water partition coefficient (Wildman–Crippen LogP) is 3.36. The molecule has 0 amide bonds. The standard InChI is InChI=1S/C14H29NO/c1-3-4-5-6-7-13(2)15-10-8-14-9-11-16-12-14/h13-15H,3-12H2,1-2H3. The molecule has 96 valence electrons. The molecule has 2 heteroatoms. The molecule has 2 atom stereocenters. The van der Waals surface area contributed by atoms with Crippen LogP contribution in [0.5, 0.6) is 0 Å². The Kier molecular flexibility index (Phi) is 7.87. The van der Waals surface area contributed by atoms with Gasteiger partial charge in [0.05, 0.1) is 0 Å². The second kappa shape index (κ2) is 9.00. The van der Waals surface area contributed by atoms with Crippen LogP contribution in [0.3, 0.4) is 0 Å². The van der Waals surface area contributed by atoms with Crippen molar-refractivity contribution < 1.29 is 4.74 Å². The molecule has 1 aliphatic rings. The van der Waals surface area contributed by atoms with Crippen molar-refractivity contribution in [3.8, 4) is 0 Å². The molecule has 1 fully saturated rings. The molecule has 0 bridgehead atoms. The molecule has 1 aliphatic heterocycles. The second-order valence-electron chi connectivity index (χ2n) is 5.22. The minimum atomic E-state index is 0.694. The van der Waals surface area contributed by atoms with Crippen LogP contribution in [0.4, 0.5) is 0 Å². The van der Waals surface area contributed by atoms with Crippen LogP contribution in [-0.4, -0.2) is 25.8 Å². The fourth-order valence-corrected chi connectivity index (χ4v) is 2.32. The van der Waals surface area contributed by atoms with Crippen molar-refractivity contribution in [2.75, 3.05) is 19.8 Å². The lowest BCUT2D eigenvalue weighted by Crippen LogP contribution is -2.28. The van der Waals surface area contributed by atoms with E-state index in [9.17, 15) is 0 Å². The van der Waals surface area contributed by atoms with Crippen LogP contribution in [0.2, 0.25) is 0 Å². The molecule has 0 saturated carbocycles. The van der Waals surface area contributed by atoms with E-state index in [1.807, 2.05) is 0 Å². The number of unbranched alkanes of at least 4 members (excludes halogenated alkanes) is 3. The summed E-state index contributed by atoms with van der Waals surface area (Å²) < 4.78 is 5.38. The molecule has 1 rings (SSSR count). The maximum atomic E-state index is 5.38. The molecule has 0 spiro atoms. The molecule has 2 unspecified atom stereocenters. The largest absolute Gasteiger partial charge is 0.381 e. The maximum Gasteiger partial charge on any atom is 0.0495 e. The van der Waals surface area contributed by atoms with E-state index in [4.69, 9.17) is 4.74 Å². The van der Waals surface area contributed by atoms with Gasteiger partial charge in [-0.3, -0.25) is 0 Å². The van der Waals surface area contributed by atoms with Gasteiger partial charge in [-0.25, -0.2) is 0 Å². The summed E-state index contributed by atoms with van der Waals surface area (Å²) >= 11 is 0. The number of ether oxygens (including phenoxy) is 1. The zero-order chi connectivity index (χ0) is 11.6. The van der Waals surface area contributed by atoms with Crippen molar-refractivity contribution >= 4 is 0 Å². The first-order valence-electron chi connectivity index (χ1n) is 7.14. The van der Waals surface area contributed by atoms with E-state index < -0.39 is 0 Å². The van der Waals surface area contributed by atoms with E-state index >= 15 is 0 Å². The average Bonchev–Trinajstić information content (AvgIpc) is 2.77. The normalized spacial score (nSPS) is 22.5. The number of hydrogen-bond donors (Lipinski definition) is 1. The molecule has 2 nitrogen and oxygen atoms in total. The molecular weight excluding hydrogens is 198 g/mol. The van der Waals surface area contributed by atoms with Gasteiger partial charge in [-0.1, -0.05) is 32.6 Å². The van der Waals surface area contributed by atoms with Gasteiger partial charge in [0.25, 0.3) is 0 Å². The van der Waals surface area contributed by atoms with Crippen molar-refractivity contribution in [2.24, 2.45) is 5.92 Å². The van der Waals surface area contributed by atoms with Crippen molar-refractivity contribution in [3.63, 3.8) is 0 Å². The lowest BCUT2D eigenvalue weighted by Gasteiger charge is -2.15. The molecule has 0 aliphatic carbocycles. The summed E-state index contributed by atoms with van der Waals surface area (Å²) in [6, 6.07) is 0.694. The summed E-state index contributed by atoms with van der Waals surface area (Å²) in [4.78, 5) is 0. The summed E-state index contributed by atoms with van der Waals surface area (Å²) in [5.41, 5.74) is 0. The third-order valence-corrected chi connectivity index (χ3v) is 3.56. The highest BCUT2D eigenvalue weighted by Crippen LogP contribution is 2.15. The molecule has 1 N–H and O–H groups in total. The Morgan fingerprint density at radius 1 is 1.31 bits per heavy atom. The van der Waals surface area contributed by atoms with E-state index in [1.165, 1.54) is 51.5 Å². The van der Waals surface area contributed by atoms with Crippen LogP contribution in [0.1, 0.15) is 58.8 Å². The average molecular weight is 227 g/mol. The van der Waals surface area contributed by atoms with Gasteiger partial charge < -0.3 is 10.1 Å². The highest BCUT2D eigenvalue weighted by Gasteiger charge is 2.14. The number of nitrogens with one attached hydrogen (secondary N) is 1. The first-order valence-corrected chi connectivity index (χ1v) is 7.14. The van der Waals surface area contributed by atoms with Crippen molar-refractivity contribution in [1.82, 2.24) is 5.32 Å². The first kappa shape index (κ1) is 14.0. The zero-order valence-corrected chi connectivity index (χ0v) is 11.1. The van der Waals surface area contributed by atoms with Gasteiger partial charge >= 0.3 is 0 Å². The summed E-state index contributed by atoms with van der Waals surface area (Å²) in [5, 5.41) is 3.63. The summed E-state index contributed by atoms with van der Waals surface area (Å²) in [7, 11) is 0. The van der Waals surface area contributed by atoms with Crippen LogP contribution in [0.25, 0.3) is 0 Å². The third-order valence-electron chi connectivity index (χ3n) is 3.56. The van der Waals surface area contributed by atoms with Crippen LogP contribution < -0.4 is 5.32 Å². The van der Waals surface area contributed by atoms with Crippen molar-refractivity contribution in [3.05, 3.63) is 0 Å². The molecular formula is C14H29NO. The third kappa shape index (κ3) is 6.49. The quantitative estimate of drug-likeness (QED) is 0.610. The Morgan fingerprint density at radius 2 is 2.19 bits per heavy atom. The highest BCUT2D eigenvalue weighted by molar-refractivity contribution is 4.67. The van der Waals surface area contributed by atoms with Crippen LogP contribution in [0.15, 0.2) is 0 Å². The van der Waals surface area contributed by atoms with Gasteiger partial charge in [-0.2, -0.15) is 0 Å². The molecule has 0 aromatic carbocycles. The first-order chi connectivity index (χ1) is 7.83.